The predicted molar refractivity (Wildman–Crippen MR) is 48.9 cm³/mol. The summed E-state index contributed by atoms with van der Waals surface area (Å²) in [4.78, 5) is 4.31. The summed E-state index contributed by atoms with van der Waals surface area (Å²) in [6.07, 6.45) is 0.306. The van der Waals surface area contributed by atoms with Crippen LogP contribution in [0.2, 0.25) is 0 Å². The molecule has 0 aromatic carbocycles. The number of aromatic nitrogens is 1. The molecule has 1 atom stereocenters. The highest BCUT2D eigenvalue weighted by atomic mass is 16.6. The molecule has 0 amide bonds. The number of nitrogens with zero attached hydrogens (tertiary/aromatic N) is 1. The Morgan fingerprint density at radius 1 is 1.54 bits per heavy atom. The molecule has 13 heavy (non-hydrogen) atoms. The van der Waals surface area contributed by atoms with Gasteiger partial charge in [-0.2, -0.15) is 0 Å². The highest BCUT2D eigenvalue weighted by Gasteiger charge is 2.23. The zero-order chi connectivity index (χ0) is 9.26. The molecule has 1 unspecified atom stereocenters. The Hall–Kier alpha value is -1.09. The SMILES string of the molecule is Cc1ccc(OCC2CO2)c(C)n1. The van der Waals surface area contributed by atoms with Crippen LogP contribution in [0.1, 0.15) is 11.4 Å². The van der Waals surface area contributed by atoms with Gasteiger partial charge in [-0.1, -0.05) is 0 Å². The average Bonchev–Trinajstić information content (AvgIpc) is 2.86. The van der Waals surface area contributed by atoms with Crippen molar-refractivity contribution >= 4 is 0 Å². The van der Waals surface area contributed by atoms with Crippen LogP contribution >= 0.6 is 0 Å². The summed E-state index contributed by atoms with van der Waals surface area (Å²) in [6, 6.07) is 3.91. The van der Waals surface area contributed by atoms with Crippen LogP contribution in [0.4, 0.5) is 0 Å². The van der Waals surface area contributed by atoms with Crippen LogP contribution in [0.15, 0.2) is 12.1 Å². The number of rotatable bonds is 3. The van der Waals surface area contributed by atoms with Gasteiger partial charge >= 0.3 is 0 Å². The van der Waals surface area contributed by atoms with Crippen molar-refractivity contribution in [2.75, 3.05) is 13.2 Å². The van der Waals surface area contributed by atoms with Crippen LogP contribution in [0.3, 0.4) is 0 Å². The molecule has 0 bridgehead atoms. The second kappa shape index (κ2) is 3.34. The van der Waals surface area contributed by atoms with Crippen molar-refractivity contribution in [1.29, 1.82) is 0 Å². The van der Waals surface area contributed by atoms with E-state index in [0.717, 1.165) is 23.7 Å². The first kappa shape index (κ1) is 8.51. The zero-order valence-electron chi connectivity index (χ0n) is 7.91. The lowest BCUT2D eigenvalue weighted by atomic mass is 10.3. The number of ether oxygens (including phenoxy) is 2. The minimum Gasteiger partial charge on any atom is -0.489 e. The van der Waals surface area contributed by atoms with Gasteiger partial charge in [-0.3, -0.25) is 4.98 Å². The quantitative estimate of drug-likeness (QED) is 0.659. The number of aryl methyl sites for hydroxylation is 2. The molecule has 1 aromatic heterocycles. The molecule has 2 heterocycles. The molecule has 0 spiro atoms. The standard InChI is InChI=1S/C10H13NO2/c1-7-3-4-10(8(2)11-7)13-6-9-5-12-9/h3-4,9H,5-6H2,1-2H3. The van der Waals surface area contributed by atoms with E-state index in [1.165, 1.54) is 0 Å². The van der Waals surface area contributed by atoms with Gasteiger partial charge in [0.05, 0.1) is 12.3 Å². The molecule has 0 N–H and O–H groups in total. The molecular weight excluding hydrogens is 166 g/mol. The highest BCUT2D eigenvalue weighted by Crippen LogP contribution is 2.18. The fourth-order valence-electron chi connectivity index (χ4n) is 1.17. The van der Waals surface area contributed by atoms with Crippen LogP contribution in [0.25, 0.3) is 0 Å². The predicted octanol–water partition coefficient (Wildman–Crippen LogP) is 1.48. The molecule has 3 nitrogen and oxygen atoms in total. The van der Waals surface area contributed by atoms with Gasteiger partial charge in [0.25, 0.3) is 0 Å². The molecule has 0 aliphatic carbocycles. The molecular formula is C10H13NO2. The topological polar surface area (TPSA) is 34.6 Å². The summed E-state index contributed by atoms with van der Waals surface area (Å²) in [5.74, 6) is 0.862. The molecule has 1 aliphatic heterocycles. The third-order valence-corrected chi connectivity index (χ3v) is 2.00. The largest absolute Gasteiger partial charge is 0.489 e. The second-order valence-electron chi connectivity index (χ2n) is 3.30. The van der Waals surface area contributed by atoms with Gasteiger partial charge in [0.1, 0.15) is 18.5 Å². The summed E-state index contributed by atoms with van der Waals surface area (Å²) in [5, 5.41) is 0. The fraction of sp³-hybridized carbons (Fsp3) is 0.500. The Morgan fingerprint density at radius 2 is 2.31 bits per heavy atom. The maximum atomic E-state index is 5.53. The molecule has 0 saturated carbocycles. The molecule has 3 heteroatoms. The van der Waals surface area contributed by atoms with Gasteiger partial charge in [0.15, 0.2) is 0 Å². The minimum atomic E-state index is 0.306. The Bertz CT molecular complexity index is 308. The van der Waals surface area contributed by atoms with E-state index in [4.69, 9.17) is 9.47 Å². The Labute approximate surface area is 77.7 Å². The maximum absolute atomic E-state index is 5.53. The van der Waals surface area contributed by atoms with E-state index in [1.54, 1.807) is 0 Å². The Balaban J connectivity index is 2.01. The summed E-state index contributed by atoms with van der Waals surface area (Å²) in [6.45, 7) is 5.40. The Kier molecular flexibility index (Phi) is 2.19. The van der Waals surface area contributed by atoms with Gasteiger partial charge in [-0.15, -0.1) is 0 Å². The monoisotopic (exact) mass is 179 g/mol. The van der Waals surface area contributed by atoms with Crippen LogP contribution in [0.5, 0.6) is 5.75 Å². The average molecular weight is 179 g/mol. The maximum Gasteiger partial charge on any atom is 0.140 e. The third-order valence-electron chi connectivity index (χ3n) is 2.00. The van der Waals surface area contributed by atoms with Crippen LogP contribution in [0, 0.1) is 13.8 Å². The molecule has 1 aliphatic rings. The van der Waals surface area contributed by atoms with Crippen molar-refractivity contribution in [3.05, 3.63) is 23.5 Å². The molecule has 1 fully saturated rings. The van der Waals surface area contributed by atoms with Crippen LogP contribution in [-0.4, -0.2) is 24.3 Å². The lowest BCUT2D eigenvalue weighted by molar-refractivity contribution is 0.261. The van der Waals surface area contributed by atoms with E-state index in [0.29, 0.717) is 12.7 Å². The zero-order valence-corrected chi connectivity index (χ0v) is 7.91. The number of hydrogen-bond donors (Lipinski definition) is 0. The van der Waals surface area contributed by atoms with Gasteiger partial charge in [-0.25, -0.2) is 0 Å². The van der Waals surface area contributed by atoms with Crippen molar-refractivity contribution in [3.63, 3.8) is 0 Å². The first-order valence-corrected chi connectivity index (χ1v) is 4.44. The van der Waals surface area contributed by atoms with E-state index >= 15 is 0 Å². The van der Waals surface area contributed by atoms with Crippen molar-refractivity contribution in [2.24, 2.45) is 0 Å². The normalized spacial score (nSPS) is 20.0. The summed E-state index contributed by atoms with van der Waals surface area (Å²) >= 11 is 0. The van der Waals surface area contributed by atoms with Crippen LogP contribution < -0.4 is 4.74 Å². The number of epoxide rings is 1. The van der Waals surface area contributed by atoms with E-state index < -0.39 is 0 Å². The molecule has 1 aromatic rings. The lowest BCUT2D eigenvalue weighted by Gasteiger charge is -2.06. The molecule has 1 saturated heterocycles. The van der Waals surface area contributed by atoms with Gasteiger partial charge < -0.3 is 9.47 Å². The lowest BCUT2D eigenvalue weighted by Crippen LogP contribution is -2.05. The van der Waals surface area contributed by atoms with E-state index in [-0.39, 0.29) is 0 Å². The van der Waals surface area contributed by atoms with E-state index in [9.17, 15) is 0 Å². The van der Waals surface area contributed by atoms with Crippen molar-refractivity contribution in [1.82, 2.24) is 4.98 Å². The van der Waals surface area contributed by atoms with Gasteiger partial charge in [-0.05, 0) is 26.0 Å². The third kappa shape index (κ3) is 2.18. The van der Waals surface area contributed by atoms with Crippen molar-refractivity contribution in [3.8, 4) is 5.75 Å². The summed E-state index contributed by atoms with van der Waals surface area (Å²) in [7, 11) is 0. The summed E-state index contributed by atoms with van der Waals surface area (Å²) in [5.41, 5.74) is 1.97. The fourth-order valence-corrected chi connectivity index (χ4v) is 1.17. The first-order chi connectivity index (χ1) is 6.25. The van der Waals surface area contributed by atoms with E-state index in [1.807, 2.05) is 26.0 Å². The molecule has 2 rings (SSSR count). The van der Waals surface area contributed by atoms with Crippen LogP contribution in [-0.2, 0) is 4.74 Å². The minimum absolute atomic E-state index is 0.306. The van der Waals surface area contributed by atoms with Gasteiger partial charge in [0, 0.05) is 5.69 Å². The molecule has 0 radical (unpaired) electrons. The Morgan fingerprint density at radius 3 is 2.92 bits per heavy atom. The second-order valence-corrected chi connectivity index (χ2v) is 3.30. The van der Waals surface area contributed by atoms with Crippen molar-refractivity contribution < 1.29 is 9.47 Å². The van der Waals surface area contributed by atoms with Crippen molar-refractivity contribution in [2.45, 2.75) is 20.0 Å². The number of pyridine rings is 1. The van der Waals surface area contributed by atoms with Gasteiger partial charge in [0.2, 0.25) is 0 Å². The highest BCUT2D eigenvalue weighted by molar-refractivity contribution is 5.27. The first-order valence-electron chi connectivity index (χ1n) is 4.44. The smallest absolute Gasteiger partial charge is 0.140 e. The number of hydrogen-bond acceptors (Lipinski definition) is 3. The molecule has 70 valence electrons. The summed E-state index contributed by atoms with van der Waals surface area (Å²) < 4.78 is 10.6. The van der Waals surface area contributed by atoms with E-state index in [2.05, 4.69) is 4.98 Å².